The standard InChI is InChI=1S/C27H34N4O4S2/c1-26(2,3)13-22(32)29-17-8-7-9-18(12-17)36-16-23(33)30-24-20(14-28)19-10-11-31(15-21(19)37-24)25(34)35-27(4,5)6/h7-9,12H,10-11,13,15-16H2,1-6H3,(H,29,32)(H,30,33). The van der Waals surface area contributed by atoms with Crippen molar-refractivity contribution in [2.45, 2.75) is 71.4 Å². The molecule has 10 heteroatoms. The molecule has 3 amide bonds. The summed E-state index contributed by atoms with van der Waals surface area (Å²) < 4.78 is 5.48. The molecular formula is C27H34N4O4S2. The molecular weight excluding hydrogens is 508 g/mol. The number of rotatable bonds is 6. The molecule has 0 saturated carbocycles. The largest absolute Gasteiger partial charge is 0.444 e. The lowest BCUT2D eigenvalue weighted by Crippen LogP contribution is -2.39. The second-order valence-electron chi connectivity index (χ2n) is 11.1. The lowest BCUT2D eigenvalue weighted by Gasteiger charge is -2.29. The molecule has 0 atom stereocenters. The average molecular weight is 543 g/mol. The van der Waals surface area contributed by atoms with Crippen LogP contribution in [0.1, 0.15) is 64.0 Å². The van der Waals surface area contributed by atoms with E-state index in [0.29, 0.717) is 42.2 Å². The highest BCUT2D eigenvalue weighted by Gasteiger charge is 2.30. The molecule has 1 aliphatic heterocycles. The first-order valence-corrected chi connectivity index (χ1v) is 13.9. The third-order valence-electron chi connectivity index (χ3n) is 5.25. The van der Waals surface area contributed by atoms with E-state index in [0.717, 1.165) is 15.3 Å². The monoisotopic (exact) mass is 542 g/mol. The number of amides is 3. The van der Waals surface area contributed by atoms with Crippen molar-refractivity contribution in [3.8, 4) is 6.07 Å². The fourth-order valence-electron chi connectivity index (χ4n) is 3.75. The number of benzene rings is 1. The Hall–Kier alpha value is -3.03. The topological polar surface area (TPSA) is 112 Å². The van der Waals surface area contributed by atoms with Gasteiger partial charge in [0, 0.05) is 28.4 Å². The molecule has 0 fully saturated rings. The maximum Gasteiger partial charge on any atom is 0.410 e. The zero-order chi connectivity index (χ0) is 27.4. The van der Waals surface area contributed by atoms with Gasteiger partial charge in [-0.25, -0.2) is 4.79 Å². The van der Waals surface area contributed by atoms with Gasteiger partial charge in [-0.1, -0.05) is 26.8 Å². The molecule has 8 nitrogen and oxygen atoms in total. The van der Waals surface area contributed by atoms with E-state index in [4.69, 9.17) is 4.74 Å². The zero-order valence-corrected chi connectivity index (χ0v) is 23.8. The molecule has 3 rings (SSSR count). The van der Waals surface area contributed by atoms with E-state index >= 15 is 0 Å². The Kier molecular flexibility index (Phi) is 8.92. The van der Waals surface area contributed by atoms with Crippen LogP contribution < -0.4 is 10.6 Å². The summed E-state index contributed by atoms with van der Waals surface area (Å²) in [4.78, 5) is 40.8. The van der Waals surface area contributed by atoms with Gasteiger partial charge in [-0.15, -0.1) is 23.1 Å². The Labute approximate surface area is 226 Å². The molecule has 2 N–H and O–H groups in total. The molecule has 0 aliphatic carbocycles. The van der Waals surface area contributed by atoms with Crippen LogP contribution in [0.15, 0.2) is 29.2 Å². The fourth-order valence-corrected chi connectivity index (χ4v) is 5.74. The predicted octanol–water partition coefficient (Wildman–Crippen LogP) is 6.02. The number of fused-ring (bicyclic) bond motifs is 1. The molecule has 0 radical (unpaired) electrons. The molecule has 0 spiro atoms. The number of nitrogens with one attached hydrogen (secondary N) is 2. The lowest BCUT2D eigenvalue weighted by molar-refractivity contribution is -0.118. The van der Waals surface area contributed by atoms with Crippen molar-refractivity contribution >= 4 is 51.7 Å². The normalized spacial score (nSPS) is 13.4. The number of anilines is 2. The van der Waals surface area contributed by atoms with Crippen LogP contribution in [-0.2, 0) is 27.3 Å². The lowest BCUT2D eigenvalue weighted by atomic mass is 9.92. The Bertz CT molecular complexity index is 1220. The minimum absolute atomic E-state index is 0.0525. The molecule has 198 valence electrons. The number of carbonyl (C=O) groups excluding carboxylic acids is 3. The van der Waals surface area contributed by atoms with Crippen LogP contribution >= 0.6 is 23.1 Å². The van der Waals surface area contributed by atoms with Crippen molar-refractivity contribution in [2.24, 2.45) is 5.41 Å². The number of hydrogen-bond acceptors (Lipinski definition) is 7. The van der Waals surface area contributed by atoms with E-state index in [2.05, 4.69) is 16.7 Å². The van der Waals surface area contributed by atoms with Crippen molar-refractivity contribution in [3.05, 3.63) is 40.3 Å². The number of ether oxygens (including phenoxy) is 1. The van der Waals surface area contributed by atoms with Crippen molar-refractivity contribution in [1.29, 1.82) is 5.26 Å². The van der Waals surface area contributed by atoms with E-state index in [9.17, 15) is 19.6 Å². The number of thiophene rings is 1. The smallest absolute Gasteiger partial charge is 0.410 e. The number of nitriles is 1. The van der Waals surface area contributed by atoms with Gasteiger partial charge in [-0.05, 0) is 56.4 Å². The van der Waals surface area contributed by atoms with Crippen LogP contribution in [0.2, 0.25) is 0 Å². The summed E-state index contributed by atoms with van der Waals surface area (Å²) in [6.07, 6.45) is 0.560. The first-order valence-electron chi connectivity index (χ1n) is 12.1. The van der Waals surface area contributed by atoms with E-state index in [1.54, 1.807) is 4.90 Å². The molecule has 37 heavy (non-hydrogen) atoms. The Morgan fingerprint density at radius 1 is 1.14 bits per heavy atom. The molecule has 1 aliphatic rings. The van der Waals surface area contributed by atoms with Gasteiger partial charge in [-0.2, -0.15) is 5.26 Å². The summed E-state index contributed by atoms with van der Waals surface area (Å²) >= 11 is 2.68. The molecule has 2 heterocycles. The minimum Gasteiger partial charge on any atom is -0.444 e. The summed E-state index contributed by atoms with van der Waals surface area (Å²) in [5.74, 6) is -0.133. The quantitative estimate of drug-likeness (QED) is 0.432. The van der Waals surface area contributed by atoms with Gasteiger partial charge in [0.05, 0.1) is 17.9 Å². The first kappa shape index (κ1) is 28.5. The predicted molar refractivity (Wildman–Crippen MR) is 148 cm³/mol. The van der Waals surface area contributed by atoms with Crippen LogP contribution in [-0.4, -0.2) is 40.7 Å². The number of carbonyl (C=O) groups is 3. The van der Waals surface area contributed by atoms with Crippen molar-refractivity contribution in [2.75, 3.05) is 22.9 Å². The van der Waals surface area contributed by atoms with E-state index in [-0.39, 0.29) is 29.1 Å². The van der Waals surface area contributed by atoms with Gasteiger partial charge in [0.15, 0.2) is 0 Å². The van der Waals surface area contributed by atoms with Crippen molar-refractivity contribution in [1.82, 2.24) is 4.90 Å². The first-order chi connectivity index (χ1) is 17.2. The SMILES string of the molecule is CC(C)(C)CC(=O)Nc1cccc(SCC(=O)Nc2sc3c(c2C#N)CCN(C(=O)OC(C)(C)C)C3)c1. The fraction of sp³-hybridized carbons (Fsp3) is 0.481. The maximum atomic E-state index is 12.7. The summed E-state index contributed by atoms with van der Waals surface area (Å²) in [5, 5.41) is 16.0. The van der Waals surface area contributed by atoms with Gasteiger partial charge in [0.2, 0.25) is 11.8 Å². The van der Waals surface area contributed by atoms with Crippen LogP contribution in [0.5, 0.6) is 0 Å². The van der Waals surface area contributed by atoms with Gasteiger partial charge in [0.25, 0.3) is 0 Å². The highest BCUT2D eigenvalue weighted by molar-refractivity contribution is 8.00. The second-order valence-corrected chi connectivity index (χ2v) is 13.3. The van der Waals surface area contributed by atoms with Crippen molar-refractivity contribution in [3.63, 3.8) is 0 Å². The van der Waals surface area contributed by atoms with E-state index in [1.807, 2.05) is 65.8 Å². The third-order valence-corrected chi connectivity index (χ3v) is 7.38. The molecule has 0 saturated heterocycles. The molecule has 1 aromatic carbocycles. The Morgan fingerprint density at radius 3 is 2.51 bits per heavy atom. The van der Waals surface area contributed by atoms with Gasteiger partial charge in [-0.3, -0.25) is 9.59 Å². The highest BCUT2D eigenvalue weighted by Crippen LogP contribution is 2.37. The molecule has 0 bridgehead atoms. The summed E-state index contributed by atoms with van der Waals surface area (Å²) in [7, 11) is 0. The summed E-state index contributed by atoms with van der Waals surface area (Å²) in [6, 6.07) is 9.60. The average Bonchev–Trinajstić information content (AvgIpc) is 3.11. The molecule has 0 unspecified atom stereocenters. The summed E-state index contributed by atoms with van der Waals surface area (Å²) in [5.41, 5.74) is 1.34. The zero-order valence-electron chi connectivity index (χ0n) is 22.2. The van der Waals surface area contributed by atoms with Gasteiger partial charge < -0.3 is 20.3 Å². The molecule has 1 aromatic heterocycles. The minimum atomic E-state index is -0.584. The van der Waals surface area contributed by atoms with E-state index < -0.39 is 5.60 Å². The van der Waals surface area contributed by atoms with Crippen LogP contribution in [0.4, 0.5) is 15.5 Å². The van der Waals surface area contributed by atoms with Crippen LogP contribution in [0.25, 0.3) is 0 Å². The van der Waals surface area contributed by atoms with Gasteiger partial charge >= 0.3 is 6.09 Å². The van der Waals surface area contributed by atoms with Crippen LogP contribution in [0.3, 0.4) is 0 Å². The Balaban J connectivity index is 1.60. The third kappa shape index (κ3) is 8.51. The summed E-state index contributed by atoms with van der Waals surface area (Å²) in [6.45, 7) is 12.3. The maximum absolute atomic E-state index is 12.7. The number of hydrogen-bond donors (Lipinski definition) is 2. The van der Waals surface area contributed by atoms with Crippen molar-refractivity contribution < 1.29 is 19.1 Å². The molecule has 2 aromatic rings. The number of thioether (sulfide) groups is 1. The van der Waals surface area contributed by atoms with Crippen LogP contribution in [0, 0.1) is 16.7 Å². The van der Waals surface area contributed by atoms with E-state index in [1.165, 1.54) is 23.1 Å². The Morgan fingerprint density at radius 2 is 1.86 bits per heavy atom. The highest BCUT2D eigenvalue weighted by atomic mass is 32.2. The second kappa shape index (κ2) is 11.6. The van der Waals surface area contributed by atoms with Gasteiger partial charge in [0.1, 0.15) is 16.7 Å². The number of nitrogens with zero attached hydrogens (tertiary/aromatic N) is 2.